The van der Waals surface area contributed by atoms with Crippen molar-refractivity contribution in [3.8, 4) is 11.5 Å². The highest BCUT2D eigenvalue weighted by Crippen LogP contribution is 2.31. The Morgan fingerprint density at radius 3 is 2.64 bits per heavy atom. The van der Waals surface area contributed by atoms with Crippen molar-refractivity contribution in [3.05, 3.63) is 53.6 Å². The fraction of sp³-hybridized carbons (Fsp3) is 0.435. The maximum absolute atomic E-state index is 12.5. The average Bonchev–Trinajstić information content (AvgIpc) is 2.99. The quantitative estimate of drug-likeness (QED) is 0.720. The SMILES string of the molecule is CCOc1ccc(CCNC(=O)CN2c3ccccc3C[C@@H]2C)cc1OCC. The number of amides is 1. The number of hydrogen-bond acceptors (Lipinski definition) is 4. The number of anilines is 1. The Morgan fingerprint density at radius 1 is 1.11 bits per heavy atom. The smallest absolute Gasteiger partial charge is 0.239 e. The van der Waals surface area contributed by atoms with E-state index in [-0.39, 0.29) is 5.91 Å². The molecule has 1 atom stereocenters. The molecule has 5 heteroatoms. The summed E-state index contributed by atoms with van der Waals surface area (Å²) in [5.41, 5.74) is 3.62. The van der Waals surface area contributed by atoms with Gasteiger partial charge in [0, 0.05) is 18.3 Å². The second-order valence-corrected chi connectivity index (χ2v) is 7.06. The normalized spacial score (nSPS) is 15.2. The molecule has 0 saturated heterocycles. The van der Waals surface area contributed by atoms with Crippen LogP contribution < -0.4 is 19.7 Å². The van der Waals surface area contributed by atoms with Crippen molar-refractivity contribution in [2.75, 3.05) is 31.2 Å². The van der Waals surface area contributed by atoms with Crippen LogP contribution in [0, 0.1) is 0 Å². The first-order valence-electron chi connectivity index (χ1n) is 10.1. The summed E-state index contributed by atoms with van der Waals surface area (Å²) < 4.78 is 11.3. The van der Waals surface area contributed by atoms with Crippen LogP contribution in [0.2, 0.25) is 0 Å². The van der Waals surface area contributed by atoms with Crippen LogP contribution in [0.5, 0.6) is 11.5 Å². The molecule has 3 rings (SSSR count). The van der Waals surface area contributed by atoms with E-state index < -0.39 is 0 Å². The van der Waals surface area contributed by atoms with E-state index in [1.165, 1.54) is 11.3 Å². The molecule has 0 fully saturated rings. The third kappa shape index (κ3) is 4.77. The van der Waals surface area contributed by atoms with Gasteiger partial charge in [0.2, 0.25) is 5.91 Å². The number of carbonyl (C=O) groups excluding carboxylic acids is 1. The number of fused-ring (bicyclic) bond motifs is 1. The van der Waals surface area contributed by atoms with Gasteiger partial charge in [-0.1, -0.05) is 24.3 Å². The van der Waals surface area contributed by atoms with Crippen LogP contribution in [-0.2, 0) is 17.6 Å². The maximum Gasteiger partial charge on any atom is 0.239 e. The summed E-state index contributed by atoms with van der Waals surface area (Å²) in [6, 6.07) is 14.6. The monoisotopic (exact) mass is 382 g/mol. The molecule has 1 aliphatic heterocycles. The highest BCUT2D eigenvalue weighted by Gasteiger charge is 2.26. The molecule has 0 aromatic heterocycles. The Bertz CT molecular complexity index is 806. The zero-order valence-electron chi connectivity index (χ0n) is 17.0. The molecule has 1 aliphatic rings. The minimum absolute atomic E-state index is 0.0551. The molecule has 28 heavy (non-hydrogen) atoms. The molecular formula is C23H30N2O3. The van der Waals surface area contributed by atoms with Crippen molar-refractivity contribution in [1.29, 1.82) is 0 Å². The lowest BCUT2D eigenvalue weighted by Gasteiger charge is -2.24. The first-order chi connectivity index (χ1) is 13.6. The molecule has 0 spiro atoms. The van der Waals surface area contributed by atoms with Crippen molar-refractivity contribution >= 4 is 11.6 Å². The van der Waals surface area contributed by atoms with E-state index in [1.807, 2.05) is 38.1 Å². The number of ether oxygens (including phenoxy) is 2. The average molecular weight is 383 g/mol. The van der Waals surface area contributed by atoms with Gasteiger partial charge in [0.05, 0.1) is 19.8 Å². The van der Waals surface area contributed by atoms with Gasteiger partial charge in [0.25, 0.3) is 0 Å². The molecule has 0 unspecified atom stereocenters. The molecule has 0 aliphatic carbocycles. The van der Waals surface area contributed by atoms with Crippen molar-refractivity contribution < 1.29 is 14.3 Å². The second-order valence-electron chi connectivity index (χ2n) is 7.06. The fourth-order valence-corrected chi connectivity index (χ4v) is 3.68. The van der Waals surface area contributed by atoms with Crippen molar-refractivity contribution in [2.45, 2.75) is 39.7 Å². The third-order valence-electron chi connectivity index (χ3n) is 5.01. The Balaban J connectivity index is 1.52. The Hall–Kier alpha value is -2.69. The van der Waals surface area contributed by atoms with E-state index in [1.54, 1.807) is 0 Å². The van der Waals surface area contributed by atoms with E-state index >= 15 is 0 Å². The molecule has 5 nitrogen and oxygen atoms in total. The van der Waals surface area contributed by atoms with Crippen LogP contribution in [-0.4, -0.2) is 38.3 Å². The van der Waals surface area contributed by atoms with E-state index in [2.05, 4.69) is 35.3 Å². The van der Waals surface area contributed by atoms with E-state index in [0.717, 1.165) is 29.9 Å². The lowest BCUT2D eigenvalue weighted by molar-refractivity contribution is -0.119. The minimum Gasteiger partial charge on any atom is -0.490 e. The molecule has 2 aromatic rings. The number of para-hydroxylation sites is 1. The summed E-state index contributed by atoms with van der Waals surface area (Å²) in [7, 11) is 0. The number of carbonyl (C=O) groups is 1. The molecule has 2 aromatic carbocycles. The van der Waals surface area contributed by atoms with Gasteiger partial charge in [-0.3, -0.25) is 4.79 Å². The lowest BCUT2D eigenvalue weighted by Crippen LogP contribution is -2.40. The van der Waals surface area contributed by atoms with Gasteiger partial charge in [0.15, 0.2) is 11.5 Å². The van der Waals surface area contributed by atoms with Gasteiger partial charge in [-0.15, -0.1) is 0 Å². The summed E-state index contributed by atoms with van der Waals surface area (Å²) in [4.78, 5) is 14.6. The number of rotatable bonds is 9. The van der Waals surface area contributed by atoms with Crippen LogP contribution in [0.3, 0.4) is 0 Å². The molecule has 150 valence electrons. The molecule has 0 radical (unpaired) electrons. The zero-order valence-corrected chi connectivity index (χ0v) is 17.0. The van der Waals surface area contributed by atoms with Crippen molar-refractivity contribution in [2.24, 2.45) is 0 Å². The van der Waals surface area contributed by atoms with Gasteiger partial charge in [0.1, 0.15) is 0 Å². The summed E-state index contributed by atoms with van der Waals surface area (Å²) in [6.45, 7) is 8.28. The van der Waals surface area contributed by atoms with Gasteiger partial charge >= 0.3 is 0 Å². The number of nitrogens with one attached hydrogen (secondary N) is 1. The van der Waals surface area contributed by atoms with Gasteiger partial charge in [-0.05, 0) is 62.9 Å². The molecule has 1 N–H and O–H groups in total. The predicted molar refractivity (Wildman–Crippen MR) is 112 cm³/mol. The van der Waals surface area contributed by atoms with Gasteiger partial charge in [-0.2, -0.15) is 0 Å². The lowest BCUT2D eigenvalue weighted by atomic mass is 10.1. The highest BCUT2D eigenvalue weighted by atomic mass is 16.5. The van der Waals surface area contributed by atoms with Crippen LogP contribution in [0.15, 0.2) is 42.5 Å². The predicted octanol–water partition coefficient (Wildman–Crippen LogP) is 3.59. The summed E-state index contributed by atoms with van der Waals surface area (Å²) in [5, 5.41) is 3.05. The molecular weight excluding hydrogens is 352 g/mol. The van der Waals surface area contributed by atoms with E-state index in [9.17, 15) is 4.79 Å². The van der Waals surface area contributed by atoms with Gasteiger partial charge < -0.3 is 19.7 Å². The van der Waals surface area contributed by atoms with Gasteiger partial charge in [-0.25, -0.2) is 0 Å². The van der Waals surface area contributed by atoms with E-state index in [0.29, 0.717) is 32.3 Å². The maximum atomic E-state index is 12.5. The van der Waals surface area contributed by atoms with Crippen LogP contribution in [0.1, 0.15) is 31.9 Å². The second kappa shape index (κ2) is 9.49. The Kier molecular flexibility index (Phi) is 6.80. The standard InChI is InChI=1S/C23H30N2O3/c1-4-27-21-11-10-18(15-22(21)28-5-2)12-13-24-23(26)16-25-17(3)14-19-8-6-7-9-20(19)25/h6-11,15,17H,4-5,12-14,16H2,1-3H3,(H,24,26)/t17-/m0/s1. The Morgan fingerprint density at radius 2 is 1.86 bits per heavy atom. The topological polar surface area (TPSA) is 50.8 Å². The van der Waals surface area contributed by atoms with Crippen molar-refractivity contribution in [3.63, 3.8) is 0 Å². The number of hydrogen-bond donors (Lipinski definition) is 1. The highest BCUT2D eigenvalue weighted by molar-refractivity contribution is 5.82. The van der Waals surface area contributed by atoms with Crippen molar-refractivity contribution in [1.82, 2.24) is 5.32 Å². The summed E-state index contributed by atoms with van der Waals surface area (Å²) >= 11 is 0. The molecule has 1 heterocycles. The molecule has 1 amide bonds. The number of benzene rings is 2. The minimum atomic E-state index is 0.0551. The zero-order chi connectivity index (χ0) is 19.9. The summed E-state index contributed by atoms with van der Waals surface area (Å²) in [5.74, 6) is 1.58. The molecule has 0 bridgehead atoms. The van der Waals surface area contributed by atoms with Crippen LogP contribution in [0.4, 0.5) is 5.69 Å². The van der Waals surface area contributed by atoms with Crippen LogP contribution >= 0.6 is 0 Å². The number of nitrogens with zero attached hydrogens (tertiary/aromatic N) is 1. The largest absolute Gasteiger partial charge is 0.490 e. The first kappa shape index (κ1) is 20.1. The fourth-order valence-electron chi connectivity index (χ4n) is 3.68. The molecule has 0 saturated carbocycles. The third-order valence-corrected chi connectivity index (χ3v) is 5.01. The summed E-state index contributed by atoms with van der Waals surface area (Å²) in [6.07, 6.45) is 1.75. The Labute approximate surface area is 167 Å². The van der Waals surface area contributed by atoms with E-state index in [4.69, 9.17) is 9.47 Å². The van der Waals surface area contributed by atoms with Crippen LogP contribution in [0.25, 0.3) is 0 Å². The first-order valence-corrected chi connectivity index (χ1v) is 10.1.